The Hall–Kier alpha value is -1.45. The Kier molecular flexibility index (Phi) is 5.71. The molecule has 1 rings (SSSR count). The van der Waals surface area contributed by atoms with Gasteiger partial charge in [0.05, 0.1) is 9.73 Å². The second-order valence-electron chi connectivity index (χ2n) is 6.05. The molecule has 22 heavy (non-hydrogen) atoms. The van der Waals surface area contributed by atoms with Gasteiger partial charge in [0.15, 0.2) is 0 Å². The van der Waals surface area contributed by atoms with Crippen LogP contribution in [0.5, 0.6) is 0 Å². The molecule has 1 unspecified atom stereocenters. The van der Waals surface area contributed by atoms with Crippen molar-refractivity contribution in [3.05, 3.63) is 30.3 Å². The van der Waals surface area contributed by atoms with Crippen LogP contribution < -0.4 is 10.3 Å². The number of benzene rings is 1. The molecular weight excluding hydrogens is 326 g/mol. The SMILES string of the molecule is CC(C)(C)CC(=O)NNS(=O)(=O)N=S(C)(=O)c1ccccc1. The van der Waals surface area contributed by atoms with Gasteiger partial charge in [-0.1, -0.05) is 42.7 Å². The molecular formula is C13H21N3O4S2. The Morgan fingerprint density at radius 2 is 1.68 bits per heavy atom. The van der Waals surface area contributed by atoms with Crippen molar-refractivity contribution in [2.24, 2.45) is 9.18 Å². The summed E-state index contributed by atoms with van der Waals surface area (Å²) in [4.78, 5) is 13.7. The molecule has 0 aliphatic heterocycles. The van der Waals surface area contributed by atoms with E-state index in [0.29, 0.717) is 4.90 Å². The second-order valence-corrected chi connectivity index (χ2v) is 9.88. The van der Waals surface area contributed by atoms with E-state index in [-0.39, 0.29) is 11.8 Å². The van der Waals surface area contributed by atoms with Gasteiger partial charge in [-0.2, -0.15) is 8.42 Å². The molecule has 7 nitrogen and oxygen atoms in total. The molecule has 0 fully saturated rings. The molecule has 2 N–H and O–H groups in total. The first-order chi connectivity index (χ1) is 9.91. The van der Waals surface area contributed by atoms with Gasteiger partial charge in [0.2, 0.25) is 5.91 Å². The van der Waals surface area contributed by atoms with Crippen LogP contribution >= 0.6 is 0 Å². The molecule has 1 amide bonds. The van der Waals surface area contributed by atoms with Crippen molar-refractivity contribution in [3.8, 4) is 0 Å². The third kappa shape index (κ3) is 6.54. The summed E-state index contributed by atoms with van der Waals surface area (Å²) in [6, 6.07) is 8.05. The molecule has 1 atom stereocenters. The smallest absolute Gasteiger partial charge is 0.276 e. The van der Waals surface area contributed by atoms with Crippen molar-refractivity contribution < 1.29 is 17.4 Å². The van der Waals surface area contributed by atoms with Crippen molar-refractivity contribution in [1.82, 2.24) is 10.3 Å². The number of nitrogens with one attached hydrogen (secondary N) is 2. The van der Waals surface area contributed by atoms with Crippen LogP contribution in [0.4, 0.5) is 0 Å². The number of carbonyl (C=O) groups is 1. The van der Waals surface area contributed by atoms with Gasteiger partial charge in [-0.05, 0) is 17.5 Å². The summed E-state index contributed by atoms with van der Waals surface area (Å²) >= 11 is 0. The second kappa shape index (κ2) is 6.76. The molecule has 0 aliphatic carbocycles. The van der Waals surface area contributed by atoms with Crippen LogP contribution in [0.25, 0.3) is 0 Å². The largest absolute Gasteiger partial charge is 0.344 e. The summed E-state index contributed by atoms with van der Waals surface area (Å²) in [5, 5.41) is 0. The molecule has 0 spiro atoms. The maximum Gasteiger partial charge on any atom is 0.344 e. The fourth-order valence-corrected chi connectivity index (χ4v) is 4.47. The minimum atomic E-state index is -4.27. The molecule has 1 aromatic rings. The summed E-state index contributed by atoms with van der Waals surface area (Å²) in [7, 11) is -7.40. The zero-order valence-electron chi connectivity index (χ0n) is 13.0. The van der Waals surface area contributed by atoms with Crippen molar-refractivity contribution in [2.75, 3.05) is 6.26 Å². The summed E-state index contributed by atoms with van der Waals surface area (Å²) in [6.45, 7) is 5.54. The molecule has 0 aromatic heterocycles. The third-order valence-electron chi connectivity index (χ3n) is 2.43. The predicted octanol–water partition coefficient (Wildman–Crippen LogP) is 1.45. The highest BCUT2D eigenvalue weighted by molar-refractivity contribution is 8.02. The van der Waals surface area contributed by atoms with Crippen molar-refractivity contribution in [1.29, 1.82) is 0 Å². The number of rotatable bonds is 5. The molecule has 1 aromatic carbocycles. The quantitative estimate of drug-likeness (QED) is 0.786. The fourth-order valence-electron chi connectivity index (χ4n) is 1.57. The summed E-state index contributed by atoms with van der Waals surface area (Å²) in [5.74, 6) is -0.492. The van der Waals surface area contributed by atoms with Crippen LogP contribution in [0.15, 0.2) is 39.0 Å². The topological polar surface area (TPSA) is 105 Å². The Morgan fingerprint density at radius 3 is 2.18 bits per heavy atom. The minimum Gasteiger partial charge on any atom is -0.276 e. The van der Waals surface area contributed by atoms with E-state index in [1.807, 2.05) is 25.6 Å². The molecule has 0 bridgehead atoms. The van der Waals surface area contributed by atoms with E-state index in [9.17, 15) is 17.4 Å². The summed E-state index contributed by atoms with van der Waals surface area (Å²) in [5.41, 5.74) is 1.77. The minimum absolute atomic E-state index is 0.135. The van der Waals surface area contributed by atoms with E-state index in [1.54, 1.807) is 18.2 Å². The first kappa shape index (κ1) is 18.6. The Bertz CT molecular complexity index is 743. The van der Waals surface area contributed by atoms with Crippen LogP contribution in [0.1, 0.15) is 27.2 Å². The lowest BCUT2D eigenvalue weighted by molar-refractivity contribution is -0.123. The summed E-state index contributed by atoms with van der Waals surface area (Å²) < 4.78 is 39.4. The lowest BCUT2D eigenvalue weighted by Crippen LogP contribution is -2.42. The third-order valence-corrected chi connectivity index (χ3v) is 5.86. The predicted molar refractivity (Wildman–Crippen MR) is 85.5 cm³/mol. The van der Waals surface area contributed by atoms with Gasteiger partial charge in [-0.15, -0.1) is 4.83 Å². The van der Waals surface area contributed by atoms with E-state index in [0.717, 1.165) is 0 Å². The van der Waals surface area contributed by atoms with Crippen LogP contribution in [0.2, 0.25) is 0 Å². The van der Waals surface area contributed by atoms with Crippen LogP contribution in [-0.2, 0) is 24.7 Å². The fraction of sp³-hybridized carbons (Fsp3) is 0.462. The van der Waals surface area contributed by atoms with Gasteiger partial charge in [0.1, 0.15) is 0 Å². The summed E-state index contributed by atoms with van der Waals surface area (Å²) in [6.07, 6.45) is 1.36. The molecule has 0 saturated carbocycles. The van der Waals surface area contributed by atoms with Gasteiger partial charge in [0, 0.05) is 17.6 Å². The highest BCUT2D eigenvalue weighted by Crippen LogP contribution is 2.17. The zero-order chi connectivity index (χ0) is 17.0. The highest BCUT2D eigenvalue weighted by atomic mass is 32.3. The van der Waals surface area contributed by atoms with E-state index < -0.39 is 25.8 Å². The van der Waals surface area contributed by atoms with Crippen molar-refractivity contribution >= 4 is 25.8 Å². The van der Waals surface area contributed by atoms with Crippen LogP contribution in [0, 0.1) is 5.41 Å². The number of nitrogens with zero attached hydrogens (tertiary/aromatic N) is 1. The average molecular weight is 347 g/mol. The van der Waals surface area contributed by atoms with Gasteiger partial charge in [-0.25, -0.2) is 4.21 Å². The zero-order valence-corrected chi connectivity index (χ0v) is 14.6. The monoisotopic (exact) mass is 347 g/mol. The normalized spacial score (nSPS) is 14.9. The molecule has 124 valence electrons. The van der Waals surface area contributed by atoms with Gasteiger partial charge in [0.25, 0.3) is 0 Å². The maximum absolute atomic E-state index is 12.4. The van der Waals surface area contributed by atoms with E-state index in [4.69, 9.17) is 0 Å². The number of hydrazine groups is 1. The van der Waals surface area contributed by atoms with Crippen LogP contribution in [0.3, 0.4) is 0 Å². The van der Waals surface area contributed by atoms with Gasteiger partial charge >= 0.3 is 10.2 Å². The molecule has 0 radical (unpaired) electrons. The lowest BCUT2D eigenvalue weighted by atomic mass is 9.92. The lowest BCUT2D eigenvalue weighted by Gasteiger charge is -2.17. The number of hydrogen-bond donors (Lipinski definition) is 2. The maximum atomic E-state index is 12.4. The Labute approximate surface area is 131 Å². The molecule has 0 saturated heterocycles. The first-order valence-electron chi connectivity index (χ1n) is 6.50. The highest BCUT2D eigenvalue weighted by Gasteiger charge is 2.19. The Balaban J connectivity index is 2.86. The number of carbonyl (C=O) groups excluding carboxylic acids is 1. The van der Waals surface area contributed by atoms with Gasteiger partial charge in [-0.3, -0.25) is 10.2 Å². The Morgan fingerprint density at radius 1 is 1.14 bits per heavy atom. The van der Waals surface area contributed by atoms with E-state index >= 15 is 0 Å². The van der Waals surface area contributed by atoms with Crippen molar-refractivity contribution in [2.45, 2.75) is 32.1 Å². The van der Waals surface area contributed by atoms with E-state index in [1.165, 1.54) is 18.4 Å². The average Bonchev–Trinajstić information content (AvgIpc) is 2.34. The van der Waals surface area contributed by atoms with Gasteiger partial charge < -0.3 is 0 Å². The van der Waals surface area contributed by atoms with E-state index in [2.05, 4.69) is 9.19 Å². The molecule has 0 heterocycles. The van der Waals surface area contributed by atoms with Crippen LogP contribution in [-0.4, -0.2) is 24.8 Å². The molecule has 0 aliphatic rings. The number of amides is 1. The first-order valence-corrected chi connectivity index (χ1v) is 9.87. The standard InChI is InChI=1S/C13H21N3O4S2/c1-13(2,3)10-12(17)14-15-22(19,20)16-21(4,18)11-8-6-5-7-9-11/h5-9,15H,10H2,1-4H3,(H,14,17). The number of hydrogen-bond acceptors (Lipinski definition) is 4. The molecule has 9 heteroatoms. The van der Waals surface area contributed by atoms with Crippen molar-refractivity contribution in [3.63, 3.8) is 0 Å².